The van der Waals surface area contributed by atoms with Gasteiger partial charge in [-0.25, -0.2) is 9.59 Å². The Bertz CT molecular complexity index is 757. The number of carbonyl (C=O) groups is 3. The van der Waals surface area contributed by atoms with Crippen LogP contribution in [0, 0.1) is 0 Å². The van der Waals surface area contributed by atoms with Gasteiger partial charge in [-0.3, -0.25) is 10.1 Å². The molecule has 3 amide bonds. The van der Waals surface area contributed by atoms with Crippen molar-refractivity contribution in [1.29, 1.82) is 0 Å². The highest BCUT2D eigenvalue weighted by atomic mass is 16.5. The van der Waals surface area contributed by atoms with E-state index in [0.717, 1.165) is 0 Å². The molecule has 0 radical (unpaired) electrons. The molecule has 136 valence electrons. The lowest BCUT2D eigenvalue weighted by Crippen LogP contribution is -2.44. The number of hydrogen-bond donors (Lipinski definition) is 2. The predicted molar refractivity (Wildman–Crippen MR) is 95.1 cm³/mol. The van der Waals surface area contributed by atoms with Gasteiger partial charge in [0.05, 0.1) is 5.56 Å². The van der Waals surface area contributed by atoms with Crippen LogP contribution in [-0.2, 0) is 9.53 Å². The molecular formula is C19H20N2O5. The zero-order chi connectivity index (χ0) is 18.9. The highest BCUT2D eigenvalue weighted by Gasteiger charge is 2.13. The van der Waals surface area contributed by atoms with E-state index in [2.05, 4.69) is 10.6 Å². The summed E-state index contributed by atoms with van der Waals surface area (Å²) < 4.78 is 10.5. The number of hydrogen-bond acceptors (Lipinski definition) is 5. The fraction of sp³-hybridized carbons (Fsp3) is 0.211. The van der Waals surface area contributed by atoms with Gasteiger partial charge in [-0.2, -0.15) is 0 Å². The van der Waals surface area contributed by atoms with Gasteiger partial charge in [-0.1, -0.05) is 18.2 Å². The van der Waals surface area contributed by atoms with Gasteiger partial charge < -0.3 is 14.8 Å². The summed E-state index contributed by atoms with van der Waals surface area (Å²) >= 11 is 0. The smallest absolute Gasteiger partial charge is 0.338 e. The van der Waals surface area contributed by atoms with Gasteiger partial charge in [0, 0.05) is 6.04 Å². The van der Waals surface area contributed by atoms with Crippen LogP contribution < -0.4 is 15.4 Å². The molecule has 7 nitrogen and oxygen atoms in total. The molecule has 26 heavy (non-hydrogen) atoms. The van der Waals surface area contributed by atoms with Crippen LogP contribution in [0.15, 0.2) is 54.6 Å². The third kappa shape index (κ3) is 6.27. The van der Waals surface area contributed by atoms with E-state index in [1.54, 1.807) is 26.0 Å². The Morgan fingerprint density at radius 2 is 1.54 bits per heavy atom. The minimum atomic E-state index is -0.708. The van der Waals surface area contributed by atoms with E-state index >= 15 is 0 Å². The lowest BCUT2D eigenvalue weighted by molar-refractivity contribution is -0.123. The van der Waals surface area contributed by atoms with Crippen molar-refractivity contribution in [2.75, 3.05) is 6.61 Å². The molecule has 0 aromatic heterocycles. The zero-order valence-corrected chi connectivity index (χ0v) is 14.5. The second kappa shape index (κ2) is 9.22. The van der Waals surface area contributed by atoms with Gasteiger partial charge in [0.25, 0.3) is 5.91 Å². The Labute approximate surface area is 151 Å². The first-order valence-corrected chi connectivity index (χ1v) is 8.04. The van der Waals surface area contributed by atoms with Crippen molar-refractivity contribution in [3.05, 3.63) is 60.2 Å². The van der Waals surface area contributed by atoms with Crippen LogP contribution in [0.25, 0.3) is 0 Å². The molecule has 0 saturated heterocycles. The first kappa shape index (κ1) is 19.0. The van der Waals surface area contributed by atoms with Crippen LogP contribution in [0.2, 0.25) is 0 Å². The lowest BCUT2D eigenvalue weighted by Gasteiger charge is -2.09. The van der Waals surface area contributed by atoms with Crippen molar-refractivity contribution in [2.24, 2.45) is 0 Å². The number of amides is 3. The lowest BCUT2D eigenvalue weighted by atomic mass is 10.2. The van der Waals surface area contributed by atoms with Crippen molar-refractivity contribution in [2.45, 2.75) is 19.9 Å². The topological polar surface area (TPSA) is 93.7 Å². The van der Waals surface area contributed by atoms with Gasteiger partial charge >= 0.3 is 12.0 Å². The molecule has 2 rings (SSSR count). The van der Waals surface area contributed by atoms with Gasteiger partial charge in [-0.05, 0) is 50.2 Å². The van der Waals surface area contributed by atoms with Crippen molar-refractivity contribution >= 4 is 17.9 Å². The van der Waals surface area contributed by atoms with E-state index in [1.165, 1.54) is 12.1 Å². The molecule has 0 heterocycles. The third-order valence-electron chi connectivity index (χ3n) is 3.08. The standard InChI is InChI=1S/C19H20N2O5/c1-13(2)20-19(24)21-17(22)12-25-18(23)14-8-10-16(11-9-14)26-15-6-4-3-5-7-15/h3-11,13H,12H2,1-2H3,(H2,20,21,22,24). The monoisotopic (exact) mass is 356 g/mol. The Kier molecular flexibility index (Phi) is 6.73. The summed E-state index contributed by atoms with van der Waals surface area (Å²) in [4.78, 5) is 34.9. The first-order valence-electron chi connectivity index (χ1n) is 8.04. The number of nitrogens with one attached hydrogen (secondary N) is 2. The van der Waals surface area contributed by atoms with Gasteiger partial charge in [-0.15, -0.1) is 0 Å². The highest BCUT2D eigenvalue weighted by molar-refractivity contribution is 5.97. The summed E-state index contributed by atoms with van der Waals surface area (Å²) in [6.45, 7) is 2.97. The van der Waals surface area contributed by atoms with E-state index in [4.69, 9.17) is 9.47 Å². The number of imide groups is 1. The number of urea groups is 1. The average molecular weight is 356 g/mol. The highest BCUT2D eigenvalue weighted by Crippen LogP contribution is 2.21. The van der Waals surface area contributed by atoms with E-state index in [-0.39, 0.29) is 11.6 Å². The first-order chi connectivity index (χ1) is 12.4. The fourth-order valence-corrected chi connectivity index (χ4v) is 1.96. The molecule has 2 aromatic rings. The SMILES string of the molecule is CC(C)NC(=O)NC(=O)COC(=O)c1ccc(Oc2ccccc2)cc1. The third-order valence-corrected chi connectivity index (χ3v) is 3.08. The van der Waals surface area contributed by atoms with Crippen LogP contribution in [-0.4, -0.2) is 30.6 Å². The number of rotatable bonds is 6. The van der Waals surface area contributed by atoms with Crippen LogP contribution in [0.5, 0.6) is 11.5 Å². The second-order valence-corrected chi connectivity index (χ2v) is 5.69. The molecule has 0 aliphatic rings. The van der Waals surface area contributed by atoms with Crippen LogP contribution in [0.1, 0.15) is 24.2 Å². The molecule has 0 aliphatic carbocycles. The molecule has 7 heteroatoms. The Balaban J connectivity index is 1.82. The fourth-order valence-electron chi connectivity index (χ4n) is 1.96. The minimum Gasteiger partial charge on any atom is -0.457 e. The van der Waals surface area contributed by atoms with E-state index in [9.17, 15) is 14.4 Å². The molecule has 0 fully saturated rings. The quantitative estimate of drug-likeness (QED) is 0.776. The van der Waals surface area contributed by atoms with Gasteiger partial charge in [0.1, 0.15) is 11.5 Å². The number of benzene rings is 2. The molecular weight excluding hydrogens is 336 g/mol. The van der Waals surface area contributed by atoms with Crippen molar-refractivity contribution in [3.8, 4) is 11.5 Å². The molecule has 0 unspecified atom stereocenters. The number of carbonyl (C=O) groups excluding carboxylic acids is 3. The molecule has 0 atom stereocenters. The minimum absolute atomic E-state index is 0.109. The van der Waals surface area contributed by atoms with Crippen molar-refractivity contribution in [1.82, 2.24) is 10.6 Å². The average Bonchev–Trinajstić information content (AvgIpc) is 2.60. The van der Waals surface area contributed by atoms with Crippen LogP contribution in [0.4, 0.5) is 4.79 Å². The predicted octanol–water partition coefficient (Wildman–Crippen LogP) is 2.87. The number of para-hydroxylation sites is 1. The number of esters is 1. The summed E-state index contributed by atoms with van der Waals surface area (Å²) in [7, 11) is 0. The Morgan fingerprint density at radius 1 is 0.923 bits per heavy atom. The number of ether oxygens (including phenoxy) is 2. The largest absolute Gasteiger partial charge is 0.457 e. The van der Waals surface area contributed by atoms with Crippen molar-refractivity contribution < 1.29 is 23.9 Å². The summed E-state index contributed by atoms with van der Waals surface area (Å²) in [6.07, 6.45) is 0. The summed E-state index contributed by atoms with van der Waals surface area (Å²) in [5, 5.41) is 4.56. The Hall–Kier alpha value is -3.35. The maximum Gasteiger partial charge on any atom is 0.338 e. The molecule has 0 bridgehead atoms. The summed E-state index contributed by atoms with van der Waals surface area (Å²) in [5.74, 6) is -0.133. The van der Waals surface area contributed by atoms with E-state index in [1.807, 2.05) is 30.3 Å². The zero-order valence-electron chi connectivity index (χ0n) is 14.5. The summed E-state index contributed by atoms with van der Waals surface area (Å²) in [5.41, 5.74) is 0.268. The van der Waals surface area contributed by atoms with Crippen molar-refractivity contribution in [3.63, 3.8) is 0 Å². The summed E-state index contributed by atoms with van der Waals surface area (Å²) in [6, 6.07) is 14.8. The Morgan fingerprint density at radius 3 is 2.15 bits per heavy atom. The molecule has 2 N–H and O–H groups in total. The maximum atomic E-state index is 11.9. The van der Waals surface area contributed by atoms with Gasteiger partial charge in [0.2, 0.25) is 0 Å². The van der Waals surface area contributed by atoms with E-state index < -0.39 is 24.5 Å². The molecule has 0 spiro atoms. The maximum absolute atomic E-state index is 11.9. The normalized spacial score (nSPS) is 10.1. The van der Waals surface area contributed by atoms with Crippen LogP contribution in [0.3, 0.4) is 0 Å². The molecule has 0 saturated carbocycles. The molecule has 0 aliphatic heterocycles. The second-order valence-electron chi connectivity index (χ2n) is 5.69. The van der Waals surface area contributed by atoms with E-state index in [0.29, 0.717) is 11.5 Å². The van der Waals surface area contributed by atoms with Crippen LogP contribution >= 0.6 is 0 Å². The molecule has 2 aromatic carbocycles. The van der Waals surface area contributed by atoms with Gasteiger partial charge in [0.15, 0.2) is 6.61 Å².